The molecule has 174 valence electrons. The summed E-state index contributed by atoms with van der Waals surface area (Å²) in [6.45, 7) is 1.77. The molecule has 4 heterocycles. The molecule has 1 fully saturated rings. The van der Waals surface area contributed by atoms with Crippen LogP contribution in [0.15, 0.2) is 48.8 Å². The van der Waals surface area contributed by atoms with Crippen molar-refractivity contribution < 1.29 is 18.0 Å². The first-order valence-corrected chi connectivity index (χ1v) is 11.1. The molecular formula is C23H22BF3N6O. The largest absolute Gasteiger partial charge is 0.433 e. The van der Waals surface area contributed by atoms with Crippen molar-refractivity contribution in [3.63, 3.8) is 0 Å². The lowest BCUT2D eigenvalue weighted by atomic mass is 9.50. The van der Waals surface area contributed by atoms with Crippen LogP contribution < -0.4 is 10.5 Å². The molecule has 3 aromatic heterocycles. The number of halogens is 3. The van der Waals surface area contributed by atoms with Crippen molar-refractivity contribution in [3.05, 3.63) is 65.7 Å². The van der Waals surface area contributed by atoms with Crippen molar-refractivity contribution in [1.82, 2.24) is 24.9 Å². The van der Waals surface area contributed by atoms with E-state index in [1.54, 1.807) is 35.0 Å². The molecule has 1 amide bonds. The van der Waals surface area contributed by atoms with Crippen molar-refractivity contribution in [2.24, 2.45) is 0 Å². The molecule has 4 aromatic rings. The topological polar surface area (TPSA) is 84.2 Å². The van der Waals surface area contributed by atoms with Gasteiger partial charge in [-0.25, -0.2) is 14.5 Å². The lowest BCUT2D eigenvalue weighted by molar-refractivity contribution is -0.140. The number of nitrogens with one attached hydrogen (secondary N) is 2. The Morgan fingerprint density at radius 1 is 1.24 bits per heavy atom. The number of aryl methyl sites for hydroxylation is 1. The number of carbonyl (C=O) groups excluding carboxylic acids is 1. The third-order valence-electron chi connectivity index (χ3n) is 6.07. The summed E-state index contributed by atoms with van der Waals surface area (Å²) in [4.78, 5) is 20.9. The number of fused-ring (bicyclic) bond motifs is 2. The van der Waals surface area contributed by atoms with E-state index in [9.17, 15) is 18.0 Å². The van der Waals surface area contributed by atoms with Crippen LogP contribution in [-0.4, -0.2) is 38.4 Å². The normalized spacial score (nSPS) is 16.7. The fraction of sp³-hybridized carbons (Fsp3) is 0.304. The van der Waals surface area contributed by atoms with E-state index in [1.807, 2.05) is 13.0 Å². The van der Waals surface area contributed by atoms with Gasteiger partial charge in [0.2, 0.25) is 0 Å². The van der Waals surface area contributed by atoms with Crippen molar-refractivity contribution in [2.75, 3.05) is 5.23 Å². The van der Waals surface area contributed by atoms with Gasteiger partial charge in [0, 0.05) is 35.6 Å². The highest BCUT2D eigenvalue weighted by Crippen LogP contribution is 2.34. The quantitative estimate of drug-likeness (QED) is 0.430. The zero-order valence-electron chi connectivity index (χ0n) is 18.4. The molecule has 1 atom stereocenters. The van der Waals surface area contributed by atoms with Crippen molar-refractivity contribution in [1.29, 1.82) is 0 Å². The van der Waals surface area contributed by atoms with Crippen LogP contribution in [0.5, 0.6) is 0 Å². The standard InChI is InChI=1S/C23H22BF3N6O/c1-14-9-21-28-12-15(13-33(21)32-14)22(34)29-16-5-4-8-24(11-16)31-19-10-20(23(25,26)27)30-18-7-3-2-6-17(18)19/h2-3,6-7,9-10,12-13,16H,4-5,8,11H2,1H3,(H,29,34)(H,30,31)/t16-/m1/s1. The predicted octanol–water partition coefficient (Wildman–Crippen LogP) is 4.60. The number of aromatic nitrogens is 4. The van der Waals surface area contributed by atoms with Crippen LogP contribution in [-0.2, 0) is 6.18 Å². The smallest absolute Gasteiger partial charge is 0.427 e. The van der Waals surface area contributed by atoms with Crippen molar-refractivity contribution in [3.8, 4) is 0 Å². The number of nitrogens with zero attached hydrogens (tertiary/aromatic N) is 4. The van der Waals surface area contributed by atoms with Crippen LogP contribution in [0.3, 0.4) is 0 Å². The summed E-state index contributed by atoms with van der Waals surface area (Å²) in [5.41, 5.74) is 1.64. The molecule has 0 aliphatic carbocycles. The number of carbonyl (C=O) groups is 1. The van der Waals surface area contributed by atoms with Crippen LogP contribution in [0.4, 0.5) is 18.9 Å². The van der Waals surface area contributed by atoms with Gasteiger partial charge >= 0.3 is 6.18 Å². The third-order valence-corrected chi connectivity index (χ3v) is 6.07. The highest BCUT2D eigenvalue weighted by molar-refractivity contribution is 6.63. The lowest BCUT2D eigenvalue weighted by Gasteiger charge is -2.29. The van der Waals surface area contributed by atoms with Crippen LogP contribution >= 0.6 is 0 Å². The average molecular weight is 466 g/mol. The Balaban J connectivity index is 1.32. The molecular weight excluding hydrogens is 444 g/mol. The molecule has 11 heteroatoms. The number of para-hydroxylation sites is 1. The molecule has 5 rings (SSSR count). The monoisotopic (exact) mass is 466 g/mol. The Bertz CT molecular complexity index is 1370. The summed E-state index contributed by atoms with van der Waals surface area (Å²) < 4.78 is 41.7. The van der Waals surface area contributed by atoms with Gasteiger partial charge in [-0.2, -0.15) is 18.3 Å². The maximum atomic E-state index is 13.4. The van der Waals surface area contributed by atoms with Gasteiger partial charge in [-0.05, 0) is 31.8 Å². The number of hydrogen-bond acceptors (Lipinski definition) is 5. The molecule has 1 saturated heterocycles. The van der Waals surface area contributed by atoms with Crippen molar-refractivity contribution >= 4 is 35.0 Å². The molecule has 0 spiro atoms. The van der Waals surface area contributed by atoms with Gasteiger partial charge in [0.25, 0.3) is 12.8 Å². The Morgan fingerprint density at radius 2 is 2.06 bits per heavy atom. The number of pyridine rings is 1. The first kappa shape index (κ1) is 22.2. The van der Waals surface area contributed by atoms with Gasteiger partial charge < -0.3 is 10.5 Å². The lowest BCUT2D eigenvalue weighted by Crippen LogP contribution is -2.43. The van der Waals surface area contributed by atoms with E-state index < -0.39 is 11.9 Å². The molecule has 1 aromatic carbocycles. The Labute approximate surface area is 193 Å². The number of alkyl halides is 3. The average Bonchev–Trinajstić information content (AvgIpc) is 3.18. The zero-order valence-corrected chi connectivity index (χ0v) is 18.4. The fourth-order valence-electron chi connectivity index (χ4n) is 4.49. The number of benzene rings is 1. The number of amides is 1. The zero-order chi connectivity index (χ0) is 23.9. The Kier molecular flexibility index (Phi) is 5.62. The second-order valence-corrected chi connectivity index (χ2v) is 8.68. The molecule has 7 nitrogen and oxygen atoms in total. The van der Waals surface area contributed by atoms with Crippen LogP contribution in [0.2, 0.25) is 12.6 Å². The maximum Gasteiger partial charge on any atom is 0.433 e. The minimum atomic E-state index is -4.54. The summed E-state index contributed by atoms with van der Waals surface area (Å²) >= 11 is 0. The molecule has 0 bridgehead atoms. The van der Waals surface area contributed by atoms with E-state index in [1.165, 1.54) is 6.20 Å². The van der Waals surface area contributed by atoms with Gasteiger partial charge in [-0.3, -0.25) is 4.79 Å². The van der Waals surface area contributed by atoms with Gasteiger partial charge in [-0.1, -0.05) is 30.9 Å². The Morgan fingerprint density at radius 3 is 2.88 bits per heavy atom. The maximum absolute atomic E-state index is 13.4. The summed E-state index contributed by atoms with van der Waals surface area (Å²) in [7, 11) is 0. The molecule has 0 radical (unpaired) electrons. The van der Waals surface area contributed by atoms with E-state index in [2.05, 4.69) is 25.6 Å². The van der Waals surface area contributed by atoms with Gasteiger partial charge in [-0.15, -0.1) is 0 Å². The second-order valence-electron chi connectivity index (χ2n) is 8.68. The molecule has 0 saturated carbocycles. The van der Waals surface area contributed by atoms with Crippen molar-refractivity contribution in [2.45, 2.75) is 44.6 Å². The number of hydrogen-bond donors (Lipinski definition) is 2. The highest BCUT2D eigenvalue weighted by Gasteiger charge is 2.34. The van der Waals surface area contributed by atoms with E-state index in [0.29, 0.717) is 28.6 Å². The second kappa shape index (κ2) is 8.62. The van der Waals surface area contributed by atoms with Gasteiger partial charge in [0.05, 0.1) is 16.8 Å². The summed E-state index contributed by atoms with van der Waals surface area (Å²) in [5, 5.41) is 11.3. The van der Waals surface area contributed by atoms with Gasteiger partial charge in [0.15, 0.2) is 5.65 Å². The van der Waals surface area contributed by atoms with Gasteiger partial charge in [0.1, 0.15) is 5.69 Å². The highest BCUT2D eigenvalue weighted by atomic mass is 19.4. The van der Waals surface area contributed by atoms with Crippen LogP contribution in [0.25, 0.3) is 16.6 Å². The first-order valence-electron chi connectivity index (χ1n) is 11.1. The van der Waals surface area contributed by atoms with Crippen LogP contribution in [0.1, 0.15) is 34.6 Å². The molecule has 1 aliphatic heterocycles. The first-order chi connectivity index (χ1) is 16.3. The molecule has 2 N–H and O–H groups in total. The third kappa shape index (κ3) is 4.55. The molecule has 34 heavy (non-hydrogen) atoms. The van der Waals surface area contributed by atoms with Crippen LogP contribution in [0, 0.1) is 6.92 Å². The summed E-state index contributed by atoms with van der Waals surface area (Å²) in [5.74, 6) is -0.248. The minimum absolute atomic E-state index is 0.0830. The van der Waals surface area contributed by atoms with E-state index in [4.69, 9.17) is 0 Å². The fourth-order valence-corrected chi connectivity index (χ4v) is 4.49. The predicted molar refractivity (Wildman–Crippen MR) is 124 cm³/mol. The number of rotatable bonds is 4. The number of anilines is 1. The van der Waals surface area contributed by atoms with E-state index >= 15 is 0 Å². The molecule has 1 aliphatic rings. The SMILES string of the molecule is Cc1cc2ncc(C(=O)N[C@@H]3CCCB(Nc4cc(C(F)(F)F)nc5ccccc45)C3)cn2n1. The molecule has 0 unspecified atom stereocenters. The minimum Gasteiger partial charge on any atom is -0.427 e. The van der Waals surface area contributed by atoms with E-state index in [-0.39, 0.29) is 24.3 Å². The summed E-state index contributed by atoms with van der Waals surface area (Å²) in [6, 6.07) is 9.56. The Hall–Kier alpha value is -3.63. The van der Waals surface area contributed by atoms with E-state index in [0.717, 1.165) is 30.9 Å². The summed E-state index contributed by atoms with van der Waals surface area (Å²) in [6.07, 6.45) is 1.66.